The molecule has 8 nitrogen and oxygen atoms in total. The average Bonchev–Trinajstić information content (AvgIpc) is 3.16. The van der Waals surface area contributed by atoms with Gasteiger partial charge in [0.15, 0.2) is 0 Å². The van der Waals surface area contributed by atoms with Gasteiger partial charge in [0.2, 0.25) is 0 Å². The molecule has 1 aromatic carbocycles. The quantitative estimate of drug-likeness (QED) is 0.494. The summed E-state index contributed by atoms with van der Waals surface area (Å²) in [5, 5.41) is 14.9. The Morgan fingerprint density at radius 2 is 1.90 bits per heavy atom. The van der Waals surface area contributed by atoms with Crippen LogP contribution in [0.2, 0.25) is 0 Å². The van der Waals surface area contributed by atoms with Gasteiger partial charge in [0.05, 0.1) is 16.9 Å². The van der Waals surface area contributed by atoms with Crippen LogP contribution in [0.4, 0.5) is 0 Å². The van der Waals surface area contributed by atoms with Gasteiger partial charge in [-0.2, -0.15) is 0 Å². The van der Waals surface area contributed by atoms with Gasteiger partial charge in [-0.05, 0) is 34.7 Å². The highest BCUT2D eigenvalue weighted by atomic mass is 32.1. The number of esters is 1. The Kier molecular flexibility index (Phi) is 7.58. The first-order valence-corrected chi connectivity index (χ1v) is 10.2. The maximum atomic E-state index is 12.8. The first-order valence-electron chi connectivity index (χ1n) is 9.36. The molecule has 0 bridgehead atoms. The highest BCUT2D eigenvalue weighted by molar-refractivity contribution is 7.16. The van der Waals surface area contributed by atoms with Crippen LogP contribution >= 0.6 is 11.3 Å². The summed E-state index contributed by atoms with van der Waals surface area (Å²) < 4.78 is 4.65. The summed E-state index contributed by atoms with van der Waals surface area (Å²) in [7, 11) is 1.22. The van der Waals surface area contributed by atoms with Crippen LogP contribution in [0.15, 0.2) is 30.3 Å². The molecule has 2 amide bonds. The number of aromatic hydroxyl groups is 1. The van der Waals surface area contributed by atoms with Crippen molar-refractivity contribution in [3.63, 3.8) is 0 Å². The lowest BCUT2D eigenvalue weighted by molar-refractivity contribution is -0.142. The molecule has 0 aliphatic heterocycles. The van der Waals surface area contributed by atoms with Gasteiger partial charge in [-0.25, -0.2) is 4.79 Å². The summed E-state index contributed by atoms with van der Waals surface area (Å²) in [6, 6.07) is 7.31. The van der Waals surface area contributed by atoms with Gasteiger partial charge in [0, 0.05) is 13.1 Å². The predicted molar refractivity (Wildman–Crippen MR) is 115 cm³/mol. The minimum Gasteiger partial charge on any atom is -0.508 e. The molecule has 1 heterocycles. The van der Waals surface area contributed by atoms with Gasteiger partial charge in [0.25, 0.3) is 11.8 Å². The van der Waals surface area contributed by atoms with E-state index in [0.29, 0.717) is 15.3 Å². The topological polar surface area (TPSA) is 131 Å². The number of phenols is 1. The standard InChI is InChI=1S/C21H27N3O5S/c1-21(2,3)14-9-16(18(26)23-11-12-6-5-7-13(25)8-12)30-17(14)19(27)24-15(10-22)20(28)29-4/h5-9,15,25H,10-11,22H2,1-4H3,(H,23,26)(H,24,27). The Hall–Kier alpha value is -2.91. The third-order valence-corrected chi connectivity index (χ3v) is 5.49. The number of hydrogen-bond acceptors (Lipinski definition) is 7. The number of nitrogens with two attached hydrogens (primary N) is 1. The third kappa shape index (κ3) is 5.80. The van der Waals surface area contributed by atoms with Crippen molar-refractivity contribution in [1.29, 1.82) is 0 Å². The molecule has 1 atom stereocenters. The van der Waals surface area contributed by atoms with Crippen LogP contribution in [0.5, 0.6) is 5.75 Å². The highest BCUT2D eigenvalue weighted by Crippen LogP contribution is 2.33. The zero-order valence-electron chi connectivity index (χ0n) is 17.4. The van der Waals surface area contributed by atoms with Crippen LogP contribution in [0.1, 0.15) is 51.2 Å². The number of methoxy groups -OCH3 is 1. The number of nitrogens with one attached hydrogen (secondary N) is 2. The van der Waals surface area contributed by atoms with Gasteiger partial charge in [-0.15, -0.1) is 11.3 Å². The highest BCUT2D eigenvalue weighted by Gasteiger charge is 2.29. The van der Waals surface area contributed by atoms with Crippen molar-refractivity contribution in [2.24, 2.45) is 5.73 Å². The number of thiophene rings is 1. The lowest BCUT2D eigenvalue weighted by Gasteiger charge is -2.20. The fourth-order valence-electron chi connectivity index (χ4n) is 2.74. The molecule has 162 valence electrons. The van der Waals surface area contributed by atoms with Crippen LogP contribution in [-0.2, 0) is 21.5 Å². The maximum Gasteiger partial charge on any atom is 0.329 e. The van der Waals surface area contributed by atoms with Crippen LogP contribution in [-0.4, -0.2) is 42.6 Å². The molecule has 0 fully saturated rings. The van der Waals surface area contributed by atoms with Crippen LogP contribution < -0.4 is 16.4 Å². The van der Waals surface area contributed by atoms with Gasteiger partial charge < -0.3 is 26.2 Å². The molecule has 0 spiro atoms. The Morgan fingerprint density at radius 1 is 1.20 bits per heavy atom. The minimum absolute atomic E-state index is 0.105. The molecule has 2 aromatic rings. The monoisotopic (exact) mass is 433 g/mol. The molecule has 0 aliphatic rings. The van der Waals surface area contributed by atoms with Gasteiger partial charge >= 0.3 is 5.97 Å². The van der Waals surface area contributed by atoms with E-state index < -0.39 is 23.3 Å². The third-order valence-electron chi connectivity index (χ3n) is 4.36. The van der Waals surface area contributed by atoms with Gasteiger partial charge in [-0.1, -0.05) is 32.9 Å². The summed E-state index contributed by atoms with van der Waals surface area (Å²) in [4.78, 5) is 38.0. The van der Waals surface area contributed by atoms with E-state index in [2.05, 4.69) is 15.4 Å². The maximum absolute atomic E-state index is 12.8. The Balaban J connectivity index is 2.24. The van der Waals surface area contributed by atoms with Crippen molar-refractivity contribution in [2.45, 2.75) is 38.8 Å². The molecule has 9 heteroatoms. The molecule has 5 N–H and O–H groups in total. The van der Waals surface area contributed by atoms with E-state index in [-0.39, 0.29) is 24.7 Å². The Morgan fingerprint density at radius 3 is 2.47 bits per heavy atom. The summed E-state index contributed by atoms with van der Waals surface area (Å²) in [6.07, 6.45) is 0. The SMILES string of the molecule is COC(=O)C(CN)NC(=O)c1sc(C(=O)NCc2cccc(O)c2)cc1C(C)(C)C. The van der Waals surface area contributed by atoms with Crippen molar-refractivity contribution in [2.75, 3.05) is 13.7 Å². The number of rotatable bonds is 7. The van der Waals surface area contributed by atoms with Crippen molar-refractivity contribution < 1.29 is 24.2 Å². The number of carbonyl (C=O) groups excluding carboxylic acids is 3. The summed E-state index contributed by atoms with van der Waals surface area (Å²) in [5.74, 6) is -1.34. The van der Waals surface area contributed by atoms with E-state index in [0.717, 1.165) is 16.9 Å². The normalized spacial score (nSPS) is 12.2. The van der Waals surface area contributed by atoms with Crippen molar-refractivity contribution in [3.05, 3.63) is 51.2 Å². The molecule has 0 saturated carbocycles. The van der Waals surface area contributed by atoms with E-state index in [1.165, 1.54) is 7.11 Å². The molecule has 1 aromatic heterocycles. The smallest absolute Gasteiger partial charge is 0.329 e. The van der Waals surface area contributed by atoms with E-state index in [1.54, 1.807) is 30.3 Å². The minimum atomic E-state index is -0.972. The number of carbonyl (C=O) groups is 3. The Bertz CT molecular complexity index is 933. The second-order valence-electron chi connectivity index (χ2n) is 7.74. The molecule has 0 saturated heterocycles. The van der Waals surface area contributed by atoms with Crippen LogP contribution in [0, 0.1) is 0 Å². The molecule has 0 aliphatic carbocycles. The summed E-state index contributed by atoms with van der Waals surface area (Å²) in [5.41, 5.74) is 6.59. The number of benzene rings is 1. The number of amides is 2. The summed E-state index contributed by atoms with van der Waals surface area (Å²) in [6.45, 7) is 5.92. The lowest BCUT2D eigenvalue weighted by Crippen LogP contribution is -2.46. The predicted octanol–water partition coefficient (Wildman–Crippen LogP) is 1.91. The van der Waals surface area contributed by atoms with E-state index in [9.17, 15) is 19.5 Å². The van der Waals surface area contributed by atoms with E-state index in [1.807, 2.05) is 20.8 Å². The summed E-state index contributed by atoms with van der Waals surface area (Å²) >= 11 is 1.05. The fraction of sp³-hybridized carbons (Fsp3) is 0.381. The lowest BCUT2D eigenvalue weighted by atomic mass is 9.87. The van der Waals surface area contributed by atoms with Crippen molar-refractivity contribution in [3.8, 4) is 5.75 Å². The number of hydrogen-bond donors (Lipinski definition) is 4. The number of phenolic OH excluding ortho intramolecular Hbond substituents is 1. The number of ether oxygens (including phenoxy) is 1. The average molecular weight is 434 g/mol. The zero-order valence-corrected chi connectivity index (χ0v) is 18.3. The van der Waals surface area contributed by atoms with Gasteiger partial charge in [-0.3, -0.25) is 9.59 Å². The molecular formula is C21H27N3O5S. The van der Waals surface area contributed by atoms with E-state index >= 15 is 0 Å². The van der Waals surface area contributed by atoms with Crippen molar-refractivity contribution in [1.82, 2.24) is 10.6 Å². The van der Waals surface area contributed by atoms with Crippen LogP contribution in [0.3, 0.4) is 0 Å². The second-order valence-corrected chi connectivity index (χ2v) is 8.79. The van der Waals surface area contributed by atoms with Crippen LogP contribution in [0.25, 0.3) is 0 Å². The second kappa shape index (κ2) is 9.73. The first-order chi connectivity index (χ1) is 14.1. The first kappa shape index (κ1) is 23.4. The van der Waals surface area contributed by atoms with Gasteiger partial charge in [0.1, 0.15) is 11.8 Å². The molecule has 0 radical (unpaired) electrons. The molecule has 1 unspecified atom stereocenters. The molecular weight excluding hydrogens is 406 g/mol. The fourth-order valence-corrected chi connectivity index (χ4v) is 3.93. The largest absolute Gasteiger partial charge is 0.508 e. The van der Waals surface area contributed by atoms with E-state index in [4.69, 9.17) is 5.73 Å². The van der Waals surface area contributed by atoms with Crippen molar-refractivity contribution >= 4 is 29.1 Å². The molecule has 30 heavy (non-hydrogen) atoms. The molecule has 2 rings (SSSR count). The Labute approximate surface area is 179 Å². The zero-order chi connectivity index (χ0) is 22.5.